The SMILES string of the molecule is C=CCN(CC=C)C(=O)C(O)CC(=O)C(C)O. The summed E-state index contributed by atoms with van der Waals surface area (Å²) >= 11 is 0. The Hall–Kier alpha value is -1.46. The van der Waals surface area contributed by atoms with Crippen LogP contribution in [0.15, 0.2) is 25.3 Å². The van der Waals surface area contributed by atoms with E-state index in [2.05, 4.69) is 13.2 Å². The van der Waals surface area contributed by atoms with Crippen molar-refractivity contribution >= 4 is 11.7 Å². The van der Waals surface area contributed by atoms with Gasteiger partial charge in [-0.3, -0.25) is 9.59 Å². The first kappa shape index (κ1) is 15.5. The van der Waals surface area contributed by atoms with Gasteiger partial charge in [0.15, 0.2) is 5.78 Å². The van der Waals surface area contributed by atoms with Gasteiger partial charge in [-0.05, 0) is 6.92 Å². The fraction of sp³-hybridized carbons (Fsp3) is 0.500. The van der Waals surface area contributed by atoms with E-state index < -0.39 is 23.9 Å². The molecule has 0 spiro atoms. The Kier molecular flexibility index (Phi) is 7.09. The topological polar surface area (TPSA) is 77.8 Å². The molecule has 0 aromatic carbocycles. The van der Waals surface area contributed by atoms with Gasteiger partial charge in [0.05, 0.1) is 0 Å². The Morgan fingerprint density at radius 1 is 1.24 bits per heavy atom. The van der Waals surface area contributed by atoms with Gasteiger partial charge in [-0.15, -0.1) is 13.2 Å². The zero-order valence-electron chi connectivity index (χ0n) is 10.0. The Morgan fingerprint density at radius 3 is 2.06 bits per heavy atom. The van der Waals surface area contributed by atoms with E-state index >= 15 is 0 Å². The Balaban J connectivity index is 4.48. The number of aliphatic hydroxyl groups is 2. The van der Waals surface area contributed by atoms with E-state index in [-0.39, 0.29) is 19.5 Å². The van der Waals surface area contributed by atoms with Gasteiger partial charge in [-0.1, -0.05) is 12.2 Å². The van der Waals surface area contributed by atoms with Gasteiger partial charge < -0.3 is 15.1 Å². The molecule has 0 bridgehead atoms. The van der Waals surface area contributed by atoms with Crippen molar-refractivity contribution in [3.8, 4) is 0 Å². The third kappa shape index (κ3) is 5.42. The second-order valence-corrected chi connectivity index (χ2v) is 3.68. The quantitative estimate of drug-likeness (QED) is 0.581. The van der Waals surface area contributed by atoms with Crippen molar-refractivity contribution in [2.45, 2.75) is 25.6 Å². The maximum absolute atomic E-state index is 11.7. The van der Waals surface area contributed by atoms with Crippen LogP contribution in [-0.2, 0) is 9.59 Å². The summed E-state index contributed by atoms with van der Waals surface area (Å²) in [6.07, 6.45) is 0.0398. The van der Waals surface area contributed by atoms with E-state index in [4.69, 9.17) is 5.11 Å². The molecule has 0 aliphatic carbocycles. The molecule has 0 heterocycles. The second kappa shape index (κ2) is 7.76. The van der Waals surface area contributed by atoms with Gasteiger partial charge in [0.2, 0.25) is 0 Å². The standard InChI is InChI=1S/C12H19NO4/c1-4-6-13(7-5-2)12(17)11(16)8-10(15)9(3)14/h4-5,9,11,14,16H,1-2,6-8H2,3H3. The smallest absolute Gasteiger partial charge is 0.252 e. The maximum Gasteiger partial charge on any atom is 0.252 e. The summed E-state index contributed by atoms with van der Waals surface area (Å²) in [5.74, 6) is -1.14. The van der Waals surface area contributed by atoms with Crippen molar-refractivity contribution in [1.29, 1.82) is 0 Å². The molecule has 0 saturated heterocycles. The van der Waals surface area contributed by atoms with Gasteiger partial charge in [0.1, 0.15) is 12.2 Å². The third-order valence-electron chi connectivity index (χ3n) is 2.16. The number of rotatable bonds is 8. The molecule has 0 radical (unpaired) electrons. The third-order valence-corrected chi connectivity index (χ3v) is 2.16. The van der Waals surface area contributed by atoms with E-state index in [0.29, 0.717) is 0 Å². The summed E-state index contributed by atoms with van der Waals surface area (Å²) in [4.78, 5) is 24.2. The van der Waals surface area contributed by atoms with Crippen molar-refractivity contribution in [3.63, 3.8) is 0 Å². The van der Waals surface area contributed by atoms with Gasteiger partial charge in [-0.25, -0.2) is 0 Å². The summed E-state index contributed by atoms with van der Waals surface area (Å²) < 4.78 is 0. The summed E-state index contributed by atoms with van der Waals surface area (Å²) in [5.41, 5.74) is 0. The molecule has 0 aliphatic rings. The normalized spacial score (nSPS) is 13.6. The van der Waals surface area contributed by atoms with Crippen LogP contribution in [0.5, 0.6) is 0 Å². The van der Waals surface area contributed by atoms with Gasteiger partial charge in [-0.2, -0.15) is 0 Å². The predicted octanol–water partition coefficient (Wildman–Crippen LogP) is -0.112. The zero-order chi connectivity index (χ0) is 13.4. The first-order valence-corrected chi connectivity index (χ1v) is 5.33. The van der Waals surface area contributed by atoms with Crippen LogP contribution in [-0.4, -0.2) is 52.1 Å². The van der Waals surface area contributed by atoms with Crippen molar-refractivity contribution in [3.05, 3.63) is 25.3 Å². The molecule has 1 amide bonds. The van der Waals surface area contributed by atoms with Crippen LogP contribution >= 0.6 is 0 Å². The number of ketones is 1. The number of amides is 1. The molecule has 0 aliphatic heterocycles. The number of hydrogen-bond acceptors (Lipinski definition) is 4. The summed E-state index contributed by atoms with van der Waals surface area (Å²) in [7, 11) is 0. The Morgan fingerprint density at radius 2 is 1.71 bits per heavy atom. The van der Waals surface area contributed by atoms with Gasteiger partial charge in [0, 0.05) is 19.5 Å². The molecule has 0 aromatic rings. The van der Waals surface area contributed by atoms with Crippen LogP contribution in [0.2, 0.25) is 0 Å². The lowest BCUT2D eigenvalue weighted by Crippen LogP contribution is -2.41. The molecule has 0 rings (SSSR count). The average molecular weight is 241 g/mol. The number of carbonyl (C=O) groups is 2. The molecule has 17 heavy (non-hydrogen) atoms. The monoisotopic (exact) mass is 241 g/mol. The fourth-order valence-corrected chi connectivity index (χ4v) is 1.23. The van der Waals surface area contributed by atoms with Crippen LogP contribution in [0.3, 0.4) is 0 Å². The van der Waals surface area contributed by atoms with E-state index in [1.165, 1.54) is 24.0 Å². The molecule has 0 aromatic heterocycles. The lowest BCUT2D eigenvalue weighted by molar-refractivity contribution is -0.143. The highest BCUT2D eigenvalue weighted by Gasteiger charge is 2.24. The fourth-order valence-electron chi connectivity index (χ4n) is 1.23. The molecule has 2 atom stereocenters. The summed E-state index contributed by atoms with van der Waals surface area (Å²) in [6.45, 7) is 8.83. The molecule has 5 heteroatoms. The summed E-state index contributed by atoms with van der Waals surface area (Å²) in [6, 6.07) is 0. The highest BCUT2D eigenvalue weighted by molar-refractivity contribution is 5.90. The van der Waals surface area contributed by atoms with Crippen molar-refractivity contribution < 1.29 is 19.8 Å². The number of aliphatic hydroxyl groups excluding tert-OH is 2. The number of carbonyl (C=O) groups excluding carboxylic acids is 2. The molecular weight excluding hydrogens is 222 g/mol. The zero-order valence-corrected chi connectivity index (χ0v) is 10.0. The molecule has 5 nitrogen and oxygen atoms in total. The minimum atomic E-state index is -1.43. The van der Waals surface area contributed by atoms with E-state index in [1.54, 1.807) is 0 Å². The van der Waals surface area contributed by atoms with Crippen molar-refractivity contribution in [2.24, 2.45) is 0 Å². The lowest BCUT2D eigenvalue weighted by Gasteiger charge is -2.22. The number of hydrogen-bond donors (Lipinski definition) is 2. The predicted molar refractivity (Wildman–Crippen MR) is 64.3 cm³/mol. The van der Waals surface area contributed by atoms with Crippen LogP contribution < -0.4 is 0 Å². The first-order chi connectivity index (χ1) is 7.93. The average Bonchev–Trinajstić information content (AvgIpc) is 2.27. The largest absolute Gasteiger partial charge is 0.386 e. The van der Waals surface area contributed by atoms with Gasteiger partial charge >= 0.3 is 0 Å². The highest BCUT2D eigenvalue weighted by atomic mass is 16.3. The van der Waals surface area contributed by atoms with Crippen molar-refractivity contribution in [2.75, 3.05) is 13.1 Å². The second-order valence-electron chi connectivity index (χ2n) is 3.68. The highest BCUT2D eigenvalue weighted by Crippen LogP contribution is 2.03. The number of nitrogens with zero attached hydrogens (tertiary/aromatic N) is 1. The Bertz CT molecular complexity index is 289. The molecule has 0 fully saturated rings. The van der Waals surface area contributed by atoms with Crippen LogP contribution in [0, 0.1) is 0 Å². The maximum atomic E-state index is 11.7. The van der Waals surface area contributed by atoms with E-state index in [0.717, 1.165) is 0 Å². The minimum absolute atomic E-state index is 0.269. The van der Waals surface area contributed by atoms with Crippen molar-refractivity contribution in [1.82, 2.24) is 4.90 Å². The van der Waals surface area contributed by atoms with Crippen LogP contribution in [0.1, 0.15) is 13.3 Å². The first-order valence-electron chi connectivity index (χ1n) is 5.33. The molecule has 0 saturated carbocycles. The molecule has 96 valence electrons. The minimum Gasteiger partial charge on any atom is -0.386 e. The molecule has 2 N–H and O–H groups in total. The number of Topliss-reactive ketones (excluding diaryl/α,β-unsaturated/α-hetero) is 1. The Labute approximate surface area is 101 Å². The molecule has 2 unspecified atom stereocenters. The van der Waals surface area contributed by atoms with E-state index in [9.17, 15) is 14.7 Å². The van der Waals surface area contributed by atoms with E-state index in [1.807, 2.05) is 0 Å². The molecular formula is C12H19NO4. The summed E-state index contributed by atoms with van der Waals surface area (Å²) in [5, 5.41) is 18.5. The van der Waals surface area contributed by atoms with Gasteiger partial charge in [0.25, 0.3) is 5.91 Å². The van der Waals surface area contributed by atoms with Crippen LogP contribution in [0.4, 0.5) is 0 Å². The lowest BCUT2D eigenvalue weighted by atomic mass is 10.1. The van der Waals surface area contributed by atoms with Crippen LogP contribution in [0.25, 0.3) is 0 Å².